The first-order valence-corrected chi connectivity index (χ1v) is 18.9. The molecule has 0 radical (unpaired) electrons. The summed E-state index contributed by atoms with van der Waals surface area (Å²) in [4.78, 5) is 14.6. The molecule has 0 aliphatic heterocycles. The quantitative estimate of drug-likeness (QED) is 0.167. The van der Waals surface area contributed by atoms with Crippen molar-refractivity contribution in [2.24, 2.45) is 0 Å². The summed E-state index contributed by atoms with van der Waals surface area (Å²) < 4.78 is 263. The van der Waals surface area contributed by atoms with E-state index in [1.807, 2.05) is 0 Å². The van der Waals surface area contributed by atoms with Gasteiger partial charge in [0, 0.05) is 37.9 Å². The summed E-state index contributed by atoms with van der Waals surface area (Å²) in [7, 11) is 0. The Hall–Kier alpha value is -8.61. The average Bonchev–Trinajstić information content (AvgIpc) is 1.56. The van der Waals surface area contributed by atoms with Crippen LogP contribution in [0.5, 0.6) is 0 Å². The van der Waals surface area contributed by atoms with E-state index in [-0.39, 0.29) is 5.56 Å². The predicted molar refractivity (Wildman–Crippen MR) is 258 cm³/mol. The fraction of sp³-hybridized carbons (Fsp3) is 0. The molecule has 9 aromatic carbocycles. The molecule has 13 rings (SSSR count). The molecule has 0 saturated heterocycles. The van der Waals surface area contributed by atoms with Crippen LogP contribution in [0.25, 0.3) is 122 Å². The van der Waals surface area contributed by atoms with Crippen molar-refractivity contribution in [3.63, 3.8) is 0 Å². The number of benzene rings is 9. The van der Waals surface area contributed by atoms with Gasteiger partial charge < -0.3 is 4.42 Å². The van der Waals surface area contributed by atoms with Gasteiger partial charge in [0.2, 0.25) is 11.9 Å². The smallest absolute Gasteiger partial charge is 0.240 e. The van der Waals surface area contributed by atoms with Crippen LogP contribution < -0.4 is 0 Å². The normalized spacial score (nSPS) is 18.0. The van der Waals surface area contributed by atoms with Gasteiger partial charge in [0.05, 0.1) is 60.4 Å². The molecule has 0 saturated carbocycles. The molecule has 0 amide bonds. The summed E-state index contributed by atoms with van der Waals surface area (Å²) >= 11 is 0. The molecule has 4 aromatic heterocycles. The number of hydrogen-bond acceptors (Lipinski definition) is 4. The van der Waals surface area contributed by atoms with E-state index in [1.54, 1.807) is 30.3 Å². The number of para-hydroxylation sites is 2. The van der Waals surface area contributed by atoms with Crippen molar-refractivity contribution < 1.29 is 42.8 Å². The van der Waals surface area contributed by atoms with Crippen molar-refractivity contribution in [2.45, 2.75) is 0 Å². The lowest BCUT2D eigenvalue weighted by Crippen LogP contribution is -2.10. The standard InChI is InChI=1S/C57H35N5O/c1-4-14-36(15-5-1)39-24-28-44-43-20-10-12-22-49(43)61(50(44)33-39)56-58-55(42-27-31-54-48(32-42)47-21-11-13-23-53(47)63-54)59-57(60-56)62-51-34-40(37-16-6-2-7-17-37)25-29-45(51)46-30-26-41(35-52(46)62)38-18-8-3-9-19-38/h1-35H/i1D,2D,3D,4D,5D,6D,7D,8D,9D,10D,12D,14D,15D,16D,17D,18D,19D,20D,22D,24D,25D,26D,28D,29D,30D,33D,34D,35D. The molecule has 4 heterocycles. The highest BCUT2D eigenvalue weighted by atomic mass is 16.3. The minimum absolute atomic E-state index is 0.0639. The van der Waals surface area contributed by atoms with E-state index in [9.17, 15) is 15.1 Å². The number of fused-ring (bicyclic) bond motifs is 9. The molecule has 0 unspecified atom stereocenters. The molecular weight excluding hydrogens is 771 g/mol. The SMILES string of the molecule is [2H]c1c([2H])c([2H])c(-c2c([2H])c([2H])c3c4c([2H])c([2H])c([2H])c([2H])c4n(-c4nc(-c5ccc6oc7ccccc7c6c5)nc(-n5c6c([2H])c(-c7c([2H])c([2H])c([2H])c([2H])c7[2H])c([2H])c([2H])c6c6c([2H])c([2H])c(-c7c([2H])c([2H])c([2H])c([2H])c7[2H])c([2H])c65)n4)c3c2[2H])c([2H])c1[2H]. The first-order chi connectivity index (χ1) is 42.9. The zero-order valence-corrected chi connectivity index (χ0v) is 31.7. The molecule has 0 fully saturated rings. The van der Waals surface area contributed by atoms with Gasteiger partial charge in [-0.2, -0.15) is 15.0 Å². The fourth-order valence-corrected chi connectivity index (χ4v) is 7.56. The van der Waals surface area contributed by atoms with Crippen molar-refractivity contribution in [2.75, 3.05) is 0 Å². The van der Waals surface area contributed by atoms with Gasteiger partial charge in [0.1, 0.15) is 11.2 Å². The third kappa shape index (κ3) is 5.69. The minimum atomic E-state index is -0.961. The van der Waals surface area contributed by atoms with E-state index in [0.29, 0.717) is 21.9 Å². The van der Waals surface area contributed by atoms with Crippen LogP contribution in [-0.4, -0.2) is 24.1 Å². The number of furan rings is 1. The van der Waals surface area contributed by atoms with Crippen LogP contribution >= 0.6 is 0 Å². The van der Waals surface area contributed by atoms with Gasteiger partial charge in [0.25, 0.3) is 0 Å². The van der Waals surface area contributed by atoms with Crippen molar-refractivity contribution in [1.29, 1.82) is 0 Å². The molecule has 0 aliphatic carbocycles. The molecule has 0 bridgehead atoms. The van der Waals surface area contributed by atoms with Crippen molar-refractivity contribution in [1.82, 2.24) is 24.1 Å². The molecule has 6 nitrogen and oxygen atoms in total. The first kappa shape index (κ1) is 17.4. The highest BCUT2D eigenvalue weighted by Crippen LogP contribution is 2.39. The van der Waals surface area contributed by atoms with Crippen molar-refractivity contribution in [3.8, 4) is 56.7 Å². The van der Waals surface area contributed by atoms with Crippen LogP contribution in [-0.2, 0) is 0 Å². The molecule has 13 aromatic rings. The molecule has 6 heteroatoms. The summed E-state index contributed by atoms with van der Waals surface area (Å²) in [6.45, 7) is 0. The largest absolute Gasteiger partial charge is 0.456 e. The molecule has 63 heavy (non-hydrogen) atoms. The van der Waals surface area contributed by atoms with Crippen LogP contribution in [0.3, 0.4) is 0 Å². The van der Waals surface area contributed by atoms with E-state index < -0.39 is 264 Å². The second kappa shape index (κ2) is 14.0. The third-order valence-electron chi connectivity index (χ3n) is 10.3. The Morgan fingerprint density at radius 3 is 1.37 bits per heavy atom. The lowest BCUT2D eigenvalue weighted by molar-refractivity contribution is 0.669. The maximum atomic E-state index is 10.1. The first-order valence-electron chi connectivity index (χ1n) is 32.9. The Bertz CT molecular complexity index is 5370. The fourth-order valence-electron chi connectivity index (χ4n) is 7.56. The van der Waals surface area contributed by atoms with Gasteiger partial charge in [-0.1, -0.05) is 163 Å². The van der Waals surface area contributed by atoms with Gasteiger partial charge >= 0.3 is 0 Å². The van der Waals surface area contributed by atoms with Gasteiger partial charge in [-0.3, -0.25) is 9.13 Å². The lowest BCUT2D eigenvalue weighted by Gasteiger charge is -2.13. The van der Waals surface area contributed by atoms with Crippen molar-refractivity contribution in [3.05, 3.63) is 212 Å². The topological polar surface area (TPSA) is 61.7 Å². The van der Waals surface area contributed by atoms with E-state index in [1.165, 1.54) is 12.1 Å². The van der Waals surface area contributed by atoms with E-state index >= 15 is 0 Å². The van der Waals surface area contributed by atoms with E-state index in [2.05, 4.69) is 0 Å². The third-order valence-corrected chi connectivity index (χ3v) is 10.3. The molecule has 294 valence electrons. The van der Waals surface area contributed by atoms with Gasteiger partial charge in [-0.15, -0.1) is 0 Å². The molecule has 0 spiro atoms. The number of hydrogen-bond donors (Lipinski definition) is 0. The van der Waals surface area contributed by atoms with E-state index in [4.69, 9.17) is 42.7 Å². The van der Waals surface area contributed by atoms with Crippen LogP contribution in [0.15, 0.2) is 216 Å². The van der Waals surface area contributed by atoms with Crippen LogP contribution in [0, 0.1) is 0 Å². The monoisotopic (exact) mass is 833 g/mol. The summed E-state index contributed by atoms with van der Waals surface area (Å²) in [6, 6.07) is -14.0. The zero-order valence-electron chi connectivity index (χ0n) is 59.7. The van der Waals surface area contributed by atoms with Crippen LogP contribution in [0.2, 0.25) is 0 Å². The zero-order chi connectivity index (χ0) is 65.8. The van der Waals surface area contributed by atoms with Gasteiger partial charge in [0.15, 0.2) is 5.82 Å². The lowest BCUT2D eigenvalue weighted by atomic mass is 10.0. The number of aromatic nitrogens is 5. The Kier molecular flexibility index (Phi) is 3.86. The highest BCUT2D eigenvalue weighted by molar-refractivity contribution is 6.12. The molecule has 0 N–H and O–H groups in total. The average molecular weight is 834 g/mol. The van der Waals surface area contributed by atoms with Crippen LogP contribution in [0.1, 0.15) is 38.4 Å². The Balaban J connectivity index is 1.30. The number of nitrogens with zero attached hydrogens (tertiary/aromatic N) is 5. The van der Waals surface area contributed by atoms with Crippen molar-refractivity contribution >= 4 is 65.6 Å². The Morgan fingerprint density at radius 1 is 0.349 bits per heavy atom. The summed E-state index contributed by atoms with van der Waals surface area (Å²) in [6.07, 6.45) is 0. The minimum Gasteiger partial charge on any atom is -0.456 e. The predicted octanol–water partition coefficient (Wildman–Crippen LogP) is 14.6. The molecule has 0 aliphatic rings. The van der Waals surface area contributed by atoms with E-state index in [0.717, 1.165) is 9.13 Å². The Labute approximate surface area is 400 Å². The second-order valence-corrected chi connectivity index (χ2v) is 13.9. The maximum absolute atomic E-state index is 10.1. The summed E-state index contributed by atoms with van der Waals surface area (Å²) in [5.41, 5.74) is -6.31. The molecule has 0 atom stereocenters. The van der Waals surface area contributed by atoms with Gasteiger partial charge in [-0.25, -0.2) is 0 Å². The summed E-state index contributed by atoms with van der Waals surface area (Å²) in [5, 5.41) is -1.21. The summed E-state index contributed by atoms with van der Waals surface area (Å²) in [5.74, 6) is -2.03. The van der Waals surface area contributed by atoms with Crippen LogP contribution in [0.4, 0.5) is 0 Å². The second-order valence-electron chi connectivity index (χ2n) is 13.9. The maximum Gasteiger partial charge on any atom is 0.240 e. The van der Waals surface area contributed by atoms with Gasteiger partial charge in [-0.05, 0) is 81.8 Å². The highest BCUT2D eigenvalue weighted by Gasteiger charge is 2.22. The molecular formula is C57H35N5O. The Morgan fingerprint density at radius 2 is 0.810 bits per heavy atom. The number of rotatable bonds is 6.